The molecular weight excluding hydrogens is 418 g/mol. The lowest BCUT2D eigenvalue weighted by Crippen LogP contribution is -2.52. The van der Waals surface area contributed by atoms with Gasteiger partial charge in [0.2, 0.25) is 10.0 Å². The average Bonchev–Trinajstić information content (AvgIpc) is 3.33. The molecule has 0 bridgehead atoms. The molecule has 164 valence electrons. The molecule has 0 unspecified atom stereocenters. The van der Waals surface area contributed by atoms with E-state index in [0.717, 1.165) is 18.4 Å². The van der Waals surface area contributed by atoms with Gasteiger partial charge in [-0.05, 0) is 48.2 Å². The Morgan fingerprint density at radius 3 is 2.23 bits per heavy atom. The normalized spacial score (nSPS) is 19.5. The van der Waals surface area contributed by atoms with Gasteiger partial charge < -0.3 is 14.5 Å². The number of piperazine rings is 1. The van der Waals surface area contributed by atoms with E-state index < -0.39 is 10.0 Å². The van der Waals surface area contributed by atoms with Gasteiger partial charge in [0.1, 0.15) is 6.10 Å². The Hall–Kier alpha value is -2.75. The van der Waals surface area contributed by atoms with E-state index in [1.165, 1.54) is 12.1 Å². The van der Waals surface area contributed by atoms with Crippen molar-refractivity contribution in [2.75, 3.05) is 32.8 Å². The summed E-state index contributed by atoms with van der Waals surface area (Å²) in [5.41, 5.74) is 2.03. The zero-order valence-electron chi connectivity index (χ0n) is 17.1. The van der Waals surface area contributed by atoms with Crippen molar-refractivity contribution < 1.29 is 22.7 Å². The van der Waals surface area contributed by atoms with Crippen LogP contribution in [0.3, 0.4) is 0 Å². The first-order chi connectivity index (χ1) is 14.8. The number of ether oxygens (including phenoxy) is 1. The van der Waals surface area contributed by atoms with Crippen LogP contribution in [0.25, 0.3) is 11.1 Å². The molecule has 2 amide bonds. The molecule has 2 aromatic rings. The van der Waals surface area contributed by atoms with E-state index in [9.17, 15) is 18.0 Å². The molecule has 2 heterocycles. The minimum absolute atomic E-state index is 0.0238. The molecule has 1 atom stereocenters. The van der Waals surface area contributed by atoms with E-state index in [1.807, 2.05) is 0 Å². The number of primary sulfonamides is 1. The van der Waals surface area contributed by atoms with Gasteiger partial charge in [-0.1, -0.05) is 24.3 Å². The van der Waals surface area contributed by atoms with Crippen molar-refractivity contribution in [3.63, 3.8) is 0 Å². The zero-order chi connectivity index (χ0) is 22.0. The SMILES string of the molecule is NS(=O)(=O)c1cccc(-c2ccc(C(=O)N3CCN(C(=O)[C@@H]4CCCO4)CC3)cc2)c1. The molecule has 4 rings (SSSR count). The number of nitrogens with two attached hydrogens (primary N) is 1. The van der Waals surface area contributed by atoms with Gasteiger partial charge in [-0.25, -0.2) is 13.6 Å². The van der Waals surface area contributed by atoms with Gasteiger partial charge in [0.25, 0.3) is 11.8 Å². The lowest BCUT2D eigenvalue weighted by molar-refractivity contribution is -0.142. The van der Waals surface area contributed by atoms with Crippen LogP contribution in [0.4, 0.5) is 0 Å². The molecule has 31 heavy (non-hydrogen) atoms. The molecule has 2 N–H and O–H groups in total. The second-order valence-corrected chi connectivity index (χ2v) is 9.33. The predicted molar refractivity (Wildman–Crippen MR) is 115 cm³/mol. The van der Waals surface area contributed by atoms with E-state index in [0.29, 0.717) is 43.9 Å². The molecular formula is C22H25N3O5S. The van der Waals surface area contributed by atoms with Crippen molar-refractivity contribution in [1.29, 1.82) is 0 Å². The number of carbonyl (C=O) groups is 2. The third-order valence-corrected chi connectivity index (χ3v) is 6.62. The van der Waals surface area contributed by atoms with Crippen LogP contribution in [-0.4, -0.2) is 68.9 Å². The molecule has 9 heteroatoms. The second-order valence-electron chi connectivity index (χ2n) is 7.77. The fourth-order valence-corrected chi connectivity index (χ4v) is 4.51. The number of benzene rings is 2. The molecule has 0 radical (unpaired) electrons. The second kappa shape index (κ2) is 8.78. The Kier molecular flexibility index (Phi) is 6.08. The van der Waals surface area contributed by atoms with Crippen LogP contribution in [0.1, 0.15) is 23.2 Å². The van der Waals surface area contributed by atoms with Crippen molar-refractivity contribution >= 4 is 21.8 Å². The van der Waals surface area contributed by atoms with E-state index in [2.05, 4.69) is 0 Å². The van der Waals surface area contributed by atoms with Crippen molar-refractivity contribution in [3.8, 4) is 11.1 Å². The molecule has 8 nitrogen and oxygen atoms in total. The third kappa shape index (κ3) is 4.79. The highest BCUT2D eigenvalue weighted by Crippen LogP contribution is 2.23. The van der Waals surface area contributed by atoms with E-state index >= 15 is 0 Å². The number of hydrogen-bond acceptors (Lipinski definition) is 5. The number of sulfonamides is 1. The summed E-state index contributed by atoms with van der Waals surface area (Å²) in [6.45, 7) is 2.60. The summed E-state index contributed by atoms with van der Waals surface area (Å²) >= 11 is 0. The third-order valence-electron chi connectivity index (χ3n) is 5.71. The largest absolute Gasteiger partial charge is 0.368 e. The van der Waals surface area contributed by atoms with Crippen LogP contribution in [0.2, 0.25) is 0 Å². The van der Waals surface area contributed by atoms with Crippen LogP contribution >= 0.6 is 0 Å². The van der Waals surface area contributed by atoms with Gasteiger partial charge in [0.15, 0.2) is 0 Å². The van der Waals surface area contributed by atoms with Crippen molar-refractivity contribution in [3.05, 3.63) is 54.1 Å². The standard InChI is InChI=1S/C22H25N3O5S/c23-31(28,29)19-4-1-3-18(15-19)16-6-8-17(9-7-16)21(26)24-10-12-25(13-11-24)22(27)20-5-2-14-30-20/h1,3-4,6-9,15,20H,2,5,10-14H2,(H2,23,28,29)/t20-/m0/s1. The number of nitrogens with zero attached hydrogens (tertiary/aromatic N) is 2. The number of rotatable bonds is 4. The quantitative estimate of drug-likeness (QED) is 0.769. The van der Waals surface area contributed by atoms with Gasteiger partial charge in [-0.15, -0.1) is 0 Å². The monoisotopic (exact) mass is 443 g/mol. The lowest BCUT2D eigenvalue weighted by atomic mass is 10.0. The van der Waals surface area contributed by atoms with E-state index in [-0.39, 0.29) is 22.8 Å². The Morgan fingerprint density at radius 2 is 1.61 bits per heavy atom. The summed E-state index contributed by atoms with van der Waals surface area (Å²) in [6, 6.07) is 13.4. The summed E-state index contributed by atoms with van der Waals surface area (Å²) in [5, 5.41) is 5.20. The summed E-state index contributed by atoms with van der Waals surface area (Å²) in [7, 11) is -3.78. The van der Waals surface area contributed by atoms with Crippen LogP contribution in [-0.2, 0) is 19.6 Å². The maximum Gasteiger partial charge on any atom is 0.253 e. The van der Waals surface area contributed by atoms with Crippen molar-refractivity contribution in [2.24, 2.45) is 5.14 Å². The Morgan fingerprint density at radius 1 is 0.935 bits per heavy atom. The average molecular weight is 444 g/mol. The Bertz CT molecular complexity index is 1070. The van der Waals surface area contributed by atoms with Gasteiger partial charge in [0, 0.05) is 38.3 Å². The number of carbonyl (C=O) groups excluding carboxylic acids is 2. The fraction of sp³-hybridized carbons (Fsp3) is 0.364. The topological polar surface area (TPSA) is 110 Å². The molecule has 0 saturated carbocycles. The van der Waals surface area contributed by atoms with E-state index in [1.54, 1.807) is 46.2 Å². The summed E-state index contributed by atoms with van der Waals surface area (Å²) in [5.74, 6) is -0.0651. The molecule has 0 aromatic heterocycles. The predicted octanol–water partition coefficient (Wildman–Crippen LogP) is 1.46. The minimum Gasteiger partial charge on any atom is -0.368 e. The highest BCUT2D eigenvalue weighted by atomic mass is 32.2. The maximum atomic E-state index is 12.9. The van der Waals surface area contributed by atoms with Crippen molar-refractivity contribution in [1.82, 2.24) is 9.80 Å². The highest BCUT2D eigenvalue weighted by molar-refractivity contribution is 7.89. The lowest BCUT2D eigenvalue weighted by Gasteiger charge is -2.35. The first-order valence-corrected chi connectivity index (χ1v) is 11.8. The molecule has 2 aliphatic heterocycles. The van der Waals surface area contributed by atoms with Gasteiger partial charge >= 0.3 is 0 Å². The van der Waals surface area contributed by atoms with Gasteiger partial charge in [-0.2, -0.15) is 0 Å². The van der Waals surface area contributed by atoms with Gasteiger partial charge in [0.05, 0.1) is 4.90 Å². The number of hydrogen-bond donors (Lipinski definition) is 1. The number of amides is 2. The van der Waals surface area contributed by atoms with Crippen LogP contribution in [0.5, 0.6) is 0 Å². The summed E-state index contributed by atoms with van der Waals surface area (Å²) < 4.78 is 28.6. The highest BCUT2D eigenvalue weighted by Gasteiger charge is 2.31. The summed E-state index contributed by atoms with van der Waals surface area (Å²) in [4.78, 5) is 28.9. The molecule has 2 aliphatic rings. The molecule has 2 fully saturated rings. The molecule has 2 saturated heterocycles. The Balaban J connectivity index is 1.39. The van der Waals surface area contributed by atoms with Crippen LogP contribution < -0.4 is 5.14 Å². The minimum atomic E-state index is -3.78. The first kappa shape index (κ1) is 21.5. The van der Waals surface area contributed by atoms with Crippen LogP contribution in [0.15, 0.2) is 53.4 Å². The van der Waals surface area contributed by atoms with Gasteiger partial charge in [-0.3, -0.25) is 9.59 Å². The van der Waals surface area contributed by atoms with E-state index in [4.69, 9.17) is 9.88 Å². The first-order valence-electron chi connectivity index (χ1n) is 10.3. The Labute approximate surface area is 181 Å². The maximum absolute atomic E-state index is 12.9. The zero-order valence-corrected chi connectivity index (χ0v) is 17.9. The van der Waals surface area contributed by atoms with Crippen LogP contribution in [0, 0.1) is 0 Å². The molecule has 0 spiro atoms. The van der Waals surface area contributed by atoms with Crippen molar-refractivity contribution in [2.45, 2.75) is 23.8 Å². The summed E-state index contributed by atoms with van der Waals surface area (Å²) in [6.07, 6.45) is 1.35. The molecule has 0 aliphatic carbocycles. The smallest absolute Gasteiger partial charge is 0.253 e. The fourth-order valence-electron chi connectivity index (χ4n) is 3.95. The molecule has 2 aromatic carbocycles.